The van der Waals surface area contributed by atoms with Gasteiger partial charge < -0.3 is 5.32 Å². The molecule has 0 aliphatic rings. The van der Waals surface area contributed by atoms with Crippen LogP contribution in [0.3, 0.4) is 0 Å². The highest BCUT2D eigenvalue weighted by atomic mass is 14.9. The van der Waals surface area contributed by atoms with Crippen molar-refractivity contribution in [2.45, 2.75) is 71.8 Å². The number of rotatable bonds is 9. The summed E-state index contributed by atoms with van der Waals surface area (Å²) in [7, 11) is 0. The van der Waals surface area contributed by atoms with E-state index < -0.39 is 0 Å². The summed E-state index contributed by atoms with van der Waals surface area (Å²) in [5.41, 5.74) is 2.91. The van der Waals surface area contributed by atoms with Gasteiger partial charge in [-0.25, -0.2) is 0 Å². The Morgan fingerprint density at radius 1 is 1.00 bits per heavy atom. The van der Waals surface area contributed by atoms with E-state index in [2.05, 4.69) is 57.3 Å². The fourth-order valence-corrected chi connectivity index (χ4v) is 2.40. The Morgan fingerprint density at radius 3 is 2.21 bits per heavy atom. The number of nitrogens with one attached hydrogen (secondary N) is 1. The van der Waals surface area contributed by atoms with Crippen molar-refractivity contribution in [1.82, 2.24) is 5.32 Å². The molecule has 1 unspecified atom stereocenters. The van der Waals surface area contributed by atoms with Crippen molar-refractivity contribution in [1.29, 1.82) is 0 Å². The van der Waals surface area contributed by atoms with Crippen molar-refractivity contribution in [2.24, 2.45) is 0 Å². The van der Waals surface area contributed by atoms with Gasteiger partial charge in [0.15, 0.2) is 0 Å². The van der Waals surface area contributed by atoms with Crippen LogP contribution in [0.15, 0.2) is 24.3 Å². The first kappa shape index (κ1) is 16.2. The summed E-state index contributed by atoms with van der Waals surface area (Å²) in [5, 5.41) is 3.69. The molecule has 1 aromatic rings. The molecule has 0 heterocycles. The Balaban J connectivity index is 2.56. The summed E-state index contributed by atoms with van der Waals surface area (Å²) >= 11 is 0. The van der Waals surface area contributed by atoms with E-state index in [9.17, 15) is 0 Å². The van der Waals surface area contributed by atoms with Crippen LogP contribution in [0.1, 0.15) is 70.4 Å². The molecular formula is C18H31N. The first-order chi connectivity index (χ1) is 9.17. The lowest BCUT2D eigenvalue weighted by atomic mass is 9.97. The van der Waals surface area contributed by atoms with Crippen molar-refractivity contribution in [3.05, 3.63) is 35.4 Å². The molecule has 0 radical (unpaired) electrons. The Morgan fingerprint density at radius 2 is 1.68 bits per heavy atom. The van der Waals surface area contributed by atoms with E-state index in [1.54, 1.807) is 0 Å². The lowest BCUT2D eigenvalue weighted by molar-refractivity contribution is 0.462. The molecule has 0 saturated heterocycles. The molecule has 0 amide bonds. The molecule has 0 aliphatic heterocycles. The molecule has 0 spiro atoms. The maximum Gasteiger partial charge on any atom is 0.0107 e. The van der Waals surface area contributed by atoms with Gasteiger partial charge in [-0.2, -0.15) is 0 Å². The molecule has 19 heavy (non-hydrogen) atoms. The van der Waals surface area contributed by atoms with Gasteiger partial charge in [-0.1, -0.05) is 64.8 Å². The standard InChI is InChI=1S/C18H31N/c1-5-7-8-18(19-13-6-2)14-16-9-11-17(12-10-16)15(3)4/h9-12,15,18-19H,5-8,13-14H2,1-4H3. The van der Waals surface area contributed by atoms with Gasteiger partial charge in [0, 0.05) is 6.04 Å². The Kier molecular flexibility index (Phi) is 7.81. The van der Waals surface area contributed by atoms with Gasteiger partial charge in [-0.05, 0) is 42.9 Å². The van der Waals surface area contributed by atoms with Crippen LogP contribution in [0, 0.1) is 0 Å². The van der Waals surface area contributed by atoms with E-state index in [1.807, 2.05) is 0 Å². The zero-order chi connectivity index (χ0) is 14.1. The van der Waals surface area contributed by atoms with Crippen LogP contribution in [0.25, 0.3) is 0 Å². The summed E-state index contributed by atoms with van der Waals surface area (Å²) in [5.74, 6) is 0.628. The zero-order valence-corrected chi connectivity index (χ0v) is 13.2. The quantitative estimate of drug-likeness (QED) is 0.666. The Bertz CT molecular complexity index is 318. The highest BCUT2D eigenvalue weighted by Crippen LogP contribution is 2.16. The van der Waals surface area contributed by atoms with Gasteiger partial charge in [0.25, 0.3) is 0 Å². The van der Waals surface area contributed by atoms with Crippen molar-refractivity contribution in [3.63, 3.8) is 0 Å². The molecule has 108 valence electrons. The third-order valence-electron chi connectivity index (χ3n) is 3.72. The van der Waals surface area contributed by atoms with Gasteiger partial charge in [-0.3, -0.25) is 0 Å². The Labute approximate surface area is 119 Å². The summed E-state index contributed by atoms with van der Waals surface area (Å²) in [6.07, 6.45) is 6.29. The average molecular weight is 261 g/mol. The molecular weight excluding hydrogens is 230 g/mol. The van der Waals surface area contributed by atoms with E-state index in [4.69, 9.17) is 0 Å². The van der Waals surface area contributed by atoms with Crippen molar-refractivity contribution < 1.29 is 0 Å². The molecule has 1 N–H and O–H groups in total. The smallest absolute Gasteiger partial charge is 0.0107 e. The SMILES string of the molecule is CCCCC(Cc1ccc(C(C)C)cc1)NCCC. The summed E-state index contributed by atoms with van der Waals surface area (Å²) in [6, 6.07) is 9.84. The van der Waals surface area contributed by atoms with Crippen LogP contribution in [-0.4, -0.2) is 12.6 Å². The second-order valence-electron chi connectivity index (χ2n) is 5.89. The molecule has 1 nitrogen and oxygen atoms in total. The predicted molar refractivity (Wildman–Crippen MR) is 85.8 cm³/mol. The van der Waals surface area contributed by atoms with E-state index in [0.29, 0.717) is 12.0 Å². The van der Waals surface area contributed by atoms with E-state index in [1.165, 1.54) is 43.2 Å². The van der Waals surface area contributed by atoms with Gasteiger partial charge in [0.2, 0.25) is 0 Å². The van der Waals surface area contributed by atoms with Gasteiger partial charge >= 0.3 is 0 Å². The van der Waals surface area contributed by atoms with Gasteiger partial charge in [0.05, 0.1) is 0 Å². The third kappa shape index (κ3) is 6.24. The highest BCUT2D eigenvalue weighted by Gasteiger charge is 2.08. The first-order valence-corrected chi connectivity index (χ1v) is 7.99. The van der Waals surface area contributed by atoms with E-state index in [0.717, 1.165) is 6.54 Å². The fraction of sp³-hybridized carbons (Fsp3) is 0.667. The van der Waals surface area contributed by atoms with E-state index in [-0.39, 0.29) is 0 Å². The fourth-order valence-electron chi connectivity index (χ4n) is 2.40. The molecule has 0 aromatic heterocycles. The lowest BCUT2D eigenvalue weighted by Crippen LogP contribution is -2.31. The van der Waals surface area contributed by atoms with Crippen LogP contribution < -0.4 is 5.32 Å². The van der Waals surface area contributed by atoms with Crippen LogP contribution in [0.4, 0.5) is 0 Å². The van der Waals surface area contributed by atoms with Crippen molar-refractivity contribution in [3.8, 4) is 0 Å². The molecule has 1 aromatic carbocycles. The average Bonchev–Trinajstić information content (AvgIpc) is 2.42. The molecule has 0 aliphatic carbocycles. The normalized spacial score (nSPS) is 12.9. The zero-order valence-electron chi connectivity index (χ0n) is 13.2. The van der Waals surface area contributed by atoms with Crippen LogP contribution in [0.5, 0.6) is 0 Å². The number of benzene rings is 1. The van der Waals surface area contributed by atoms with Crippen LogP contribution in [-0.2, 0) is 6.42 Å². The molecule has 1 heteroatoms. The lowest BCUT2D eigenvalue weighted by Gasteiger charge is -2.18. The van der Waals surface area contributed by atoms with Gasteiger partial charge in [-0.15, -0.1) is 0 Å². The largest absolute Gasteiger partial charge is 0.314 e. The molecule has 0 saturated carbocycles. The second kappa shape index (κ2) is 9.14. The van der Waals surface area contributed by atoms with Crippen LogP contribution >= 0.6 is 0 Å². The minimum Gasteiger partial charge on any atom is -0.314 e. The minimum atomic E-state index is 0.628. The third-order valence-corrected chi connectivity index (χ3v) is 3.72. The molecule has 1 atom stereocenters. The van der Waals surface area contributed by atoms with Crippen LogP contribution in [0.2, 0.25) is 0 Å². The maximum atomic E-state index is 3.69. The number of hydrogen-bond donors (Lipinski definition) is 1. The van der Waals surface area contributed by atoms with Crippen molar-refractivity contribution in [2.75, 3.05) is 6.54 Å². The number of hydrogen-bond acceptors (Lipinski definition) is 1. The topological polar surface area (TPSA) is 12.0 Å². The predicted octanol–water partition coefficient (Wildman–Crippen LogP) is 4.91. The molecule has 0 fully saturated rings. The summed E-state index contributed by atoms with van der Waals surface area (Å²) in [4.78, 5) is 0. The second-order valence-corrected chi connectivity index (χ2v) is 5.89. The molecule has 0 bridgehead atoms. The van der Waals surface area contributed by atoms with Gasteiger partial charge in [0.1, 0.15) is 0 Å². The molecule has 1 rings (SSSR count). The Hall–Kier alpha value is -0.820. The maximum absolute atomic E-state index is 3.69. The first-order valence-electron chi connectivity index (χ1n) is 7.99. The van der Waals surface area contributed by atoms with Crippen molar-refractivity contribution >= 4 is 0 Å². The monoisotopic (exact) mass is 261 g/mol. The van der Waals surface area contributed by atoms with E-state index >= 15 is 0 Å². The number of unbranched alkanes of at least 4 members (excludes halogenated alkanes) is 1. The summed E-state index contributed by atoms with van der Waals surface area (Å²) in [6.45, 7) is 10.2. The highest BCUT2D eigenvalue weighted by molar-refractivity contribution is 5.25. The minimum absolute atomic E-state index is 0.628. The summed E-state index contributed by atoms with van der Waals surface area (Å²) < 4.78 is 0.